The molecule has 1 heterocycles. The van der Waals surface area contributed by atoms with E-state index in [2.05, 4.69) is 0 Å². The third-order valence-corrected chi connectivity index (χ3v) is 5.21. The molecule has 1 aliphatic rings. The number of aliphatic carboxylic acids is 1. The highest BCUT2D eigenvalue weighted by atomic mass is 32.2. The Morgan fingerprint density at radius 2 is 2.00 bits per heavy atom. The van der Waals surface area contributed by atoms with Crippen LogP contribution >= 0.6 is 0 Å². The summed E-state index contributed by atoms with van der Waals surface area (Å²) >= 11 is 0. The Morgan fingerprint density at radius 3 is 2.60 bits per heavy atom. The Labute approximate surface area is 114 Å². The number of carboxylic acids is 1. The van der Waals surface area contributed by atoms with E-state index in [1.165, 1.54) is 6.92 Å². The average Bonchev–Trinajstić information content (AvgIpc) is 2.83. The monoisotopic (exact) mass is 305 g/mol. The lowest BCUT2D eigenvalue weighted by atomic mass is 10.2. The van der Waals surface area contributed by atoms with Crippen LogP contribution < -0.4 is 0 Å². The van der Waals surface area contributed by atoms with Crippen LogP contribution in [-0.4, -0.2) is 36.4 Å². The Bertz CT molecular complexity index is 660. The van der Waals surface area contributed by atoms with Crippen molar-refractivity contribution < 1.29 is 27.1 Å². The second-order valence-electron chi connectivity index (χ2n) is 4.64. The van der Waals surface area contributed by atoms with Gasteiger partial charge in [-0.2, -0.15) is 4.31 Å². The third-order valence-electron chi connectivity index (χ3n) is 3.29. The van der Waals surface area contributed by atoms with E-state index in [0.717, 1.165) is 6.07 Å². The van der Waals surface area contributed by atoms with Gasteiger partial charge in [0.15, 0.2) is 0 Å². The second kappa shape index (κ2) is 5.10. The van der Waals surface area contributed by atoms with Gasteiger partial charge in [-0.3, -0.25) is 4.79 Å². The summed E-state index contributed by atoms with van der Waals surface area (Å²) in [4.78, 5) is 10.2. The zero-order valence-corrected chi connectivity index (χ0v) is 11.5. The Kier molecular flexibility index (Phi) is 3.79. The van der Waals surface area contributed by atoms with Crippen LogP contribution in [0.15, 0.2) is 17.0 Å². The highest BCUT2D eigenvalue weighted by molar-refractivity contribution is 7.89. The normalized spacial score (nSPS) is 20.2. The highest BCUT2D eigenvalue weighted by Crippen LogP contribution is 2.28. The standard InChI is InChI=1S/C12H13F2NO4S/c1-7-5-9(14)11(6-8(7)13)20(18,19)15-4-2-3-10(15)12(16)17/h5-6,10H,2-4H2,1H3,(H,16,17). The molecule has 5 nitrogen and oxygen atoms in total. The van der Waals surface area contributed by atoms with E-state index in [0.29, 0.717) is 16.8 Å². The van der Waals surface area contributed by atoms with Crippen LogP contribution in [0.1, 0.15) is 18.4 Å². The molecule has 1 saturated heterocycles. The van der Waals surface area contributed by atoms with Crippen LogP contribution in [0.2, 0.25) is 0 Å². The van der Waals surface area contributed by atoms with E-state index >= 15 is 0 Å². The summed E-state index contributed by atoms with van der Waals surface area (Å²) < 4.78 is 52.5. The zero-order chi connectivity index (χ0) is 15.1. The maximum atomic E-state index is 13.8. The largest absolute Gasteiger partial charge is 0.480 e. The molecule has 0 aliphatic carbocycles. The van der Waals surface area contributed by atoms with Crippen LogP contribution in [0.3, 0.4) is 0 Å². The number of carbonyl (C=O) groups is 1. The first-order valence-electron chi connectivity index (χ1n) is 5.95. The molecule has 0 amide bonds. The average molecular weight is 305 g/mol. The van der Waals surface area contributed by atoms with E-state index in [1.807, 2.05) is 0 Å². The predicted molar refractivity (Wildman–Crippen MR) is 65.6 cm³/mol. The van der Waals surface area contributed by atoms with Gasteiger partial charge in [0.05, 0.1) is 0 Å². The second-order valence-corrected chi connectivity index (χ2v) is 6.50. The van der Waals surface area contributed by atoms with Crippen LogP contribution in [0.5, 0.6) is 0 Å². The molecular weight excluding hydrogens is 292 g/mol. The molecule has 2 rings (SSSR count). The molecule has 0 saturated carbocycles. The molecule has 20 heavy (non-hydrogen) atoms. The van der Waals surface area contributed by atoms with Gasteiger partial charge in [-0.05, 0) is 37.5 Å². The van der Waals surface area contributed by atoms with Crippen LogP contribution in [-0.2, 0) is 14.8 Å². The summed E-state index contributed by atoms with van der Waals surface area (Å²) in [5.74, 6) is -3.23. The SMILES string of the molecule is Cc1cc(F)c(S(=O)(=O)N2CCCC2C(=O)O)cc1F. The van der Waals surface area contributed by atoms with Crippen molar-refractivity contribution >= 4 is 16.0 Å². The molecule has 0 aromatic heterocycles. The number of benzene rings is 1. The predicted octanol–water partition coefficient (Wildman–Crippen LogP) is 1.51. The maximum absolute atomic E-state index is 13.8. The Balaban J connectivity index is 2.50. The number of carboxylic acid groups (broad SMARTS) is 1. The highest BCUT2D eigenvalue weighted by Gasteiger charge is 2.40. The van der Waals surface area contributed by atoms with E-state index in [9.17, 15) is 22.0 Å². The number of hydrogen-bond donors (Lipinski definition) is 1. The molecule has 0 radical (unpaired) electrons. The third kappa shape index (κ3) is 2.40. The van der Waals surface area contributed by atoms with Crippen molar-refractivity contribution in [2.75, 3.05) is 6.54 Å². The molecule has 110 valence electrons. The summed E-state index contributed by atoms with van der Waals surface area (Å²) in [5.41, 5.74) is -0.0161. The number of sulfonamides is 1. The van der Waals surface area contributed by atoms with Crippen molar-refractivity contribution in [2.24, 2.45) is 0 Å². The van der Waals surface area contributed by atoms with Gasteiger partial charge < -0.3 is 5.11 Å². The van der Waals surface area contributed by atoms with Gasteiger partial charge in [-0.15, -0.1) is 0 Å². The van der Waals surface area contributed by atoms with Crippen molar-refractivity contribution in [3.05, 3.63) is 29.3 Å². The fourth-order valence-corrected chi connectivity index (χ4v) is 3.94. The van der Waals surface area contributed by atoms with Gasteiger partial charge in [0.1, 0.15) is 22.6 Å². The van der Waals surface area contributed by atoms with Crippen molar-refractivity contribution in [3.63, 3.8) is 0 Å². The smallest absolute Gasteiger partial charge is 0.322 e. The van der Waals surface area contributed by atoms with Crippen molar-refractivity contribution in [3.8, 4) is 0 Å². The van der Waals surface area contributed by atoms with Crippen LogP contribution in [0.4, 0.5) is 8.78 Å². The Morgan fingerprint density at radius 1 is 1.35 bits per heavy atom. The van der Waals surface area contributed by atoms with Gasteiger partial charge >= 0.3 is 5.97 Å². The number of nitrogens with zero attached hydrogens (tertiary/aromatic N) is 1. The molecule has 1 aromatic carbocycles. The summed E-state index contributed by atoms with van der Waals surface area (Å²) in [6.07, 6.45) is 0.524. The first kappa shape index (κ1) is 14.9. The van der Waals surface area contributed by atoms with Crippen LogP contribution in [0, 0.1) is 18.6 Å². The van der Waals surface area contributed by atoms with E-state index < -0.39 is 38.6 Å². The quantitative estimate of drug-likeness (QED) is 0.918. The molecule has 1 aliphatic heterocycles. The van der Waals surface area contributed by atoms with E-state index in [-0.39, 0.29) is 18.5 Å². The molecule has 1 N–H and O–H groups in total. The summed E-state index contributed by atoms with van der Waals surface area (Å²) in [6, 6.07) is 0.148. The Hall–Kier alpha value is -1.54. The van der Waals surface area contributed by atoms with E-state index in [4.69, 9.17) is 5.11 Å². The van der Waals surface area contributed by atoms with Gasteiger partial charge in [-0.25, -0.2) is 17.2 Å². The van der Waals surface area contributed by atoms with Gasteiger partial charge in [0.25, 0.3) is 0 Å². The fourth-order valence-electron chi connectivity index (χ4n) is 2.23. The van der Waals surface area contributed by atoms with Crippen molar-refractivity contribution in [1.82, 2.24) is 4.31 Å². The van der Waals surface area contributed by atoms with Gasteiger partial charge in [0.2, 0.25) is 10.0 Å². The number of hydrogen-bond acceptors (Lipinski definition) is 3. The molecular formula is C12H13F2NO4S. The summed E-state index contributed by atoms with van der Waals surface area (Å²) in [7, 11) is -4.37. The van der Waals surface area contributed by atoms with Crippen molar-refractivity contribution in [1.29, 1.82) is 0 Å². The topological polar surface area (TPSA) is 74.7 Å². The molecule has 1 aromatic rings. The number of aryl methyl sites for hydroxylation is 1. The lowest BCUT2D eigenvalue weighted by molar-refractivity contribution is -0.140. The number of halogens is 2. The molecule has 8 heteroatoms. The van der Waals surface area contributed by atoms with E-state index in [1.54, 1.807) is 0 Å². The van der Waals surface area contributed by atoms with Gasteiger partial charge in [0, 0.05) is 6.54 Å². The lowest BCUT2D eigenvalue weighted by Gasteiger charge is -2.21. The summed E-state index contributed by atoms with van der Waals surface area (Å²) in [5, 5.41) is 8.99. The maximum Gasteiger partial charge on any atom is 0.322 e. The number of rotatable bonds is 3. The minimum Gasteiger partial charge on any atom is -0.480 e. The minimum absolute atomic E-state index is 0.0161. The molecule has 0 bridgehead atoms. The minimum atomic E-state index is -4.37. The van der Waals surface area contributed by atoms with Gasteiger partial charge in [-0.1, -0.05) is 0 Å². The molecule has 1 unspecified atom stereocenters. The fraction of sp³-hybridized carbons (Fsp3) is 0.417. The molecule has 1 atom stereocenters. The summed E-state index contributed by atoms with van der Waals surface area (Å²) in [6.45, 7) is 1.29. The van der Waals surface area contributed by atoms with Crippen molar-refractivity contribution in [2.45, 2.75) is 30.7 Å². The first-order chi connectivity index (χ1) is 9.25. The molecule has 0 spiro atoms. The lowest BCUT2D eigenvalue weighted by Crippen LogP contribution is -2.40. The first-order valence-corrected chi connectivity index (χ1v) is 7.39. The molecule has 1 fully saturated rings. The zero-order valence-electron chi connectivity index (χ0n) is 10.6. The van der Waals surface area contributed by atoms with Crippen LogP contribution in [0.25, 0.3) is 0 Å².